The summed E-state index contributed by atoms with van der Waals surface area (Å²) in [6.45, 7) is 12.5. The molecule has 0 saturated heterocycles. The molecule has 0 aliphatic carbocycles. The molecule has 0 aromatic rings. The number of hydrogen-bond acceptors (Lipinski definition) is 8. The minimum atomic E-state index is -1.86. The van der Waals surface area contributed by atoms with Crippen LogP contribution in [0.15, 0.2) is 34.8 Å². The summed E-state index contributed by atoms with van der Waals surface area (Å²) in [7, 11) is 0. The van der Waals surface area contributed by atoms with E-state index < -0.39 is 41.0 Å². The van der Waals surface area contributed by atoms with Crippen molar-refractivity contribution in [3.8, 4) is 0 Å². The van der Waals surface area contributed by atoms with Gasteiger partial charge in [0.05, 0.1) is 13.2 Å². The molecule has 0 aromatic carbocycles. The molecule has 0 spiro atoms. The highest BCUT2D eigenvalue weighted by Crippen LogP contribution is 2.44. The second kappa shape index (κ2) is 10.4. The summed E-state index contributed by atoms with van der Waals surface area (Å²) in [6.07, 6.45) is 7.66. The van der Waals surface area contributed by atoms with Gasteiger partial charge < -0.3 is 19.3 Å². The highest BCUT2D eigenvalue weighted by atomic mass is 16.6. The molecular formula is C23H36N5O5. The number of carbonyl (C=O) groups excluding carboxylic acids is 2. The molecule has 3 unspecified atom stereocenters. The Balaban J connectivity index is 2.70. The van der Waals surface area contributed by atoms with E-state index in [0.717, 1.165) is 0 Å². The van der Waals surface area contributed by atoms with Crippen molar-refractivity contribution in [3.63, 3.8) is 0 Å². The lowest BCUT2D eigenvalue weighted by atomic mass is 9.73. The number of ether oxygens (including phenoxy) is 2. The lowest BCUT2D eigenvalue weighted by Crippen LogP contribution is -2.79. The summed E-state index contributed by atoms with van der Waals surface area (Å²) < 4.78 is 10.9. The van der Waals surface area contributed by atoms with Crippen LogP contribution in [0, 0.1) is 5.92 Å². The number of esters is 1. The molecule has 2 rings (SSSR count). The number of rotatable bonds is 8. The third kappa shape index (κ3) is 5.21. The van der Waals surface area contributed by atoms with Crippen molar-refractivity contribution in [1.82, 2.24) is 15.1 Å². The van der Waals surface area contributed by atoms with Gasteiger partial charge in [-0.05, 0) is 40.0 Å². The fourth-order valence-electron chi connectivity index (χ4n) is 4.16. The molecule has 1 radical (unpaired) electrons. The first-order valence-corrected chi connectivity index (χ1v) is 11.2. The van der Waals surface area contributed by atoms with Crippen LogP contribution in [0.1, 0.15) is 54.9 Å². The van der Waals surface area contributed by atoms with Crippen molar-refractivity contribution in [2.45, 2.75) is 77.9 Å². The second-order valence-corrected chi connectivity index (χ2v) is 9.17. The minimum Gasteiger partial charge on any atom is -0.463 e. The van der Waals surface area contributed by atoms with Crippen LogP contribution in [-0.4, -0.2) is 70.5 Å². The molecule has 2 aliphatic rings. The van der Waals surface area contributed by atoms with Gasteiger partial charge in [-0.15, -0.1) is 0 Å². The van der Waals surface area contributed by atoms with Gasteiger partial charge in [0, 0.05) is 37.2 Å². The fraction of sp³-hybridized carbons (Fsp3) is 0.652. The first-order valence-electron chi connectivity index (χ1n) is 11.2. The number of alkyl carbamates (subject to hydrolysis) is 1. The van der Waals surface area contributed by atoms with Crippen molar-refractivity contribution < 1.29 is 24.2 Å². The maximum Gasteiger partial charge on any atom is 0.409 e. The second-order valence-electron chi connectivity index (χ2n) is 9.17. The number of carbonyl (C=O) groups is 2. The highest BCUT2D eigenvalue weighted by molar-refractivity contribution is 5.85. The summed E-state index contributed by atoms with van der Waals surface area (Å²) in [5, 5.41) is 17.4. The number of hydrogen-bond donors (Lipinski definition) is 1. The largest absolute Gasteiger partial charge is 0.463 e. The molecule has 0 bridgehead atoms. The topological polar surface area (TPSA) is 116 Å². The van der Waals surface area contributed by atoms with Crippen molar-refractivity contribution in [3.05, 3.63) is 24.8 Å². The Hall–Kier alpha value is -2.88. The van der Waals surface area contributed by atoms with E-state index in [-0.39, 0.29) is 19.6 Å². The summed E-state index contributed by atoms with van der Waals surface area (Å²) in [6, 6.07) is 0. The van der Waals surface area contributed by atoms with Gasteiger partial charge >= 0.3 is 12.1 Å². The zero-order valence-corrected chi connectivity index (χ0v) is 20.6. The number of nitrogens with one attached hydrogen (secondary N) is 1. The lowest BCUT2D eigenvalue weighted by Gasteiger charge is -2.57. The first-order chi connectivity index (χ1) is 15.4. The Bertz CT molecular complexity index is 832. The van der Waals surface area contributed by atoms with E-state index in [0.29, 0.717) is 0 Å². The van der Waals surface area contributed by atoms with Crippen molar-refractivity contribution in [2.75, 3.05) is 13.2 Å². The molecule has 2 heterocycles. The van der Waals surface area contributed by atoms with E-state index in [4.69, 9.17) is 9.47 Å². The van der Waals surface area contributed by atoms with Crippen LogP contribution in [0.4, 0.5) is 4.79 Å². The molecule has 1 N–H and O–H groups in total. The average molecular weight is 463 g/mol. The molecule has 183 valence electrons. The van der Waals surface area contributed by atoms with Crippen LogP contribution in [0.5, 0.6) is 0 Å². The Kier molecular flexibility index (Phi) is 8.29. The van der Waals surface area contributed by atoms with Gasteiger partial charge in [0.25, 0.3) is 0 Å². The van der Waals surface area contributed by atoms with Gasteiger partial charge in [-0.3, -0.25) is 15.3 Å². The van der Waals surface area contributed by atoms with Gasteiger partial charge in [0.15, 0.2) is 5.60 Å². The monoisotopic (exact) mass is 462 g/mol. The standard InChI is InChI=1S/C23H36N5O5/c1-8-22(31,17(3)4)23(19(29)32-9-2,27-13-10-24-11-14-27)28-15-12-25-16-18(28)26-20(30)33-21(5,6)7/h10-13,15-18H,8-9,14H2,1-7H3,(H,26,30). The van der Waals surface area contributed by atoms with Crippen molar-refractivity contribution in [2.24, 2.45) is 15.9 Å². The molecule has 0 aromatic heterocycles. The van der Waals surface area contributed by atoms with Crippen LogP contribution in [0.2, 0.25) is 0 Å². The van der Waals surface area contributed by atoms with Crippen LogP contribution in [0.25, 0.3) is 0 Å². The highest BCUT2D eigenvalue weighted by Gasteiger charge is 2.66. The zero-order valence-electron chi connectivity index (χ0n) is 20.6. The lowest BCUT2D eigenvalue weighted by molar-refractivity contribution is -0.236. The molecule has 0 fully saturated rings. The molecule has 1 amide bonds. The number of amides is 1. The van der Waals surface area contributed by atoms with Crippen LogP contribution >= 0.6 is 0 Å². The Morgan fingerprint density at radius 1 is 1.15 bits per heavy atom. The predicted molar refractivity (Wildman–Crippen MR) is 125 cm³/mol. The van der Waals surface area contributed by atoms with Gasteiger partial charge in [0.2, 0.25) is 5.66 Å². The van der Waals surface area contributed by atoms with Gasteiger partial charge in [-0.1, -0.05) is 20.8 Å². The van der Waals surface area contributed by atoms with Gasteiger partial charge in [-0.2, -0.15) is 0 Å². The van der Waals surface area contributed by atoms with E-state index in [1.54, 1.807) is 65.8 Å². The van der Waals surface area contributed by atoms with E-state index in [2.05, 4.69) is 15.3 Å². The number of nitrogens with zero attached hydrogens (tertiary/aromatic N) is 4. The molecular weight excluding hydrogens is 426 g/mol. The molecule has 33 heavy (non-hydrogen) atoms. The summed E-state index contributed by atoms with van der Waals surface area (Å²) in [5.41, 5.74) is -4.44. The first kappa shape index (κ1) is 26.4. The average Bonchev–Trinajstić information content (AvgIpc) is 2.74. The van der Waals surface area contributed by atoms with E-state index in [1.165, 1.54) is 29.7 Å². The molecule has 3 atom stereocenters. The Morgan fingerprint density at radius 2 is 1.82 bits per heavy atom. The van der Waals surface area contributed by atoms with Crippen molar-refractivity contribution in [1.29, 1.82) is 0 Å². The maximum atomic E-state index is 14.7. The van der Waals surface area contributed by atoms with Crippen LogP contribution < -0.4 is 5.32 Å². The summed E-state index contributed by atoms with van der Waals surface area (Å²) in [4.78, 5) is 37.8. The van der Waals surface area contributed by atoms with E-state index >= 15 is 0 Å². The molecule has 10 heteroatoms. The number of aliphatic imine (C=N–C) groups is 2. The Labute approximate surface area is 196 Å². The summed E-state index contributed by atoms with van der Waals surface area (Å²) in [5.74, 6) is -1.19. The normalized spacial score (nSPS) is 21.5. The third-order valence-corrected chi connectivity index (χ3v) is 5.62. The zero-order chi connectivity index (χ0) is 24.9. The minimum absolute atomic E-state index is 0.0833. The molecule has 0 saturated carbocycles. The van der Waals surface area contributed by atoms with E-state index in [9.17, 15) is 14.7 Å². The fourth-order valence-corrected chi connectivity index (χ4v) is 4.16. The smallest absolute Gasteiger partial charge is 0.409 e. The van der Waals surface area contributed by atoms with Crippen LogP contribution in [0.3, 0.4) is 0 Å². The Morgan fingerprint density at radius 3 is 2.33 bits per heavy atom. The van der Waals surface area contributed by atoms with Gasteiger partial charge in [-0.25, -0.2) is 14.7 Å². The quantitative estimate of drug-likeness (QED) is 0.554. The van der Waals surface area contributed by atoms with Crippen LogP contribution in [-0.2, 0) is 19.4 Å². The molecule has 2 aliphatic heterocycles. The maximum absolute atomic E-state index is 14.7. The third-order valence-electron chi connectivity index (χ3n) is 5.62. The van der Waals surface area contributed by atoms with Gasteiger partial charge in [0.1, 0.15) is 11.8 Å². The van der Waals surface area contributed by atoms with E-state index in [1.807, 2.05) is 0 Å². The predicted octanol–water partition coefficient (Wildman–Crippen LogP) is 3.05. The SMILES string of the molecule is CCOC(=O)C(N1C=CN=CC1)(N1C=CN=CC1NC(=O)OC(C)(C)C)C([O])(CC)C(C)C. The molecule has 10 nitrogen and oxygen atoms in total. The van der Waals surface area contributed by atoms with Crippen molar-refractivity contribution >= 4 is 24.5 Å². The summed E-state index contributed by atoms with van der Waals surface area (Å²) >= 11 is 0.